The van der Waals surface area contributed by atoms with Crippen LogP contribution >= 0.6 is 0 Å². The van der Waals surface area contributed by atoms with Crippen LogP contribution < -0.4 is 10.1 Å². The quantitative estimate of drug-likeness (QED) is 0.404. The molecule has 0 aliphatic carbocycles. The molecule has 4 aromatic rings. The fourth-order valence-electron chi connectivity index (χ4n) is 3.97. The van der Waals surface area contributed by atoms with E-state index in [9.17, 15) is 13.6 Å². The molecule has 0 saturated carbocycles. The lowest BCUT2D eigenvalue weighted by molar-refractivity contribution is 0.199. The van der Waals surface area contributed by atoms with Gasteiger partial charge in [-0.3, -0.25) is 4.90 Å². The molecule has 1 aliphatic heterocycles. The Kier molecular flexibility index (Phi) is 5.77. The molecule has 0 fully saturated rings. The molecule has 0 spiro atoms. The van der Waals surface area contributed by atoms with Gasteiger partial charge in [0.05, 0.1) is 31.5 Å². The lowest BCUT2D eigenvalue weighted by Gasteiger charge is -2.34. The second-order valence-electron chi connectivity index (χ2n) is 7.87. The normalized spacial score (nSPS) is 15.9. The second-order valence-corrected chi connectivity index (χ2v) is 7.87. The molecule has 0 bridgehead atoms. The Labute approximate surface area is 198 Å². The second kappa shape index (κ2) is 9.05. The van der Waals surface area contributed by atoms with E-state index in [1.165, 1.54) is 42.5 Å². The molecule has 8 nitrogen and oxygen atoms in total. The standard InChI is InChI=1S/C25H20F2N4O4/c1-14-21(24-29-23(30-35-24)16-7-10-20(33-2)19(27)12-16)22(15-5-8-17(26)9-6-15)28-25(32)31(14)13-18-4-3-11-34-18/h3-12,22H,13H2,1-2H3,(H,28,32). The van der Waals surface area contributed by atoms with Crippen molar-refractivity contribution in [2.24, 2.45) is 0 Å². The number of rotatable bonds is 6. The molecule has 1 aliphatic rings. The van der Waals surface area contributed by atoms with E-state index in [4.69, 9.17) is 13.7 Å². The highest BCUT2D eigenvalue weighted by Gasteiger charge is 2.36. The molecular weight excluding hydrogens is 458 g/mol. The van der Waals surface area contributed by atoms with Gasteiger partial charge in [0.25, 0.3) is 5.89 Å². The van der Waals surface area contributed by atoms with Gasteiger partial charge in [-0.1, -0.05) is 17.3 Å². The zero-order valence-corrected chi connectivity index (χ0v) is 18.8. The Morgan fingerprint density at radius 1 is 1.14 bits per heavy atom. The molecule has 3 heterocycles. The van der Waals surface area contributed by atoms with Gasteiger partial charge in [-0.05, 0) is 55.0 Å². The molecule has 10 heteroatoms. The van der Waals surface area contributed by atoms with Crippen LogP contribution in [0.2, 0.25) is 0 Å². The first-order valence-corrected chi connectivity index (χ1v) is 10.7. The van der Waals surface area contributed by atoms with Crippen LogP contribution in [0.15, 0.2) is 75.5 Å². The van der Waals surface area contributed by atoms with Crippen molar-refractivity contribution in [3.05, 3.63) is 95.4 Å². The van der Waals surface area contributed by atoms with Crippen LogP contribution in [0.25, 0.3) is 17.0 Å². The molecule has 2 aromatic heterocycles. The molecule has 1 N–H and O–H groups in total. The van der Waals surface area contributed by atoms with Gasteiger partial charge in [0, 0.05) is 11.3 Å². The van der Waals surface area contributed by atoms with Gasteiger partial charge in [0.2, 0.25) is 5.82 Å². The minimum atomic E-state index is -0.683. The predicted molar refractivity (Wildman–Crippen MR) is 121 cm³/mol. The molecule has 178 valence electrons. The van der Waals surface area contributed by atoms with Crippen molar-refractivity contribution in [1.82, 2.24) is 20.4 Å². The van der Waals surface area contributed by atoms with Crippen molar-refractivity contribution in [1.29, 1.82) is 0 Å². The Morgan fingerprint density at radius 3 is 2.63 bits per heavy atom. The van der Waals surface area contributed by atoms with Gasteiger partial charge in [-0.2, -0.15) is 4.98 Å². The minimum absolute atomic E-state index is 0.0935. The summed E-state index contributed by atoms with van der Waals surface area (Å²) in [5.41, 5.74) is 2.09. The van der Waals surface area contributed by atoms with E-state index in [2.05, 4.69) is 15.5 Å². The summed E-state index contributed by atoms with van der Waals surface area (Å²) in [7, 11) is 1.38. The number of furan rings is 1. The number of carbonyl (C=O) groups excluding carboxylic acids is 1. The average Bonchev–Trinajstić information content (AvgIpc) is 3.54. The number of hydrogen-bond donors (Lipinski definition) is 1. The first-order chi connectivity index (χ1) is 16.9. The number of aromatic nitrogens is 2. The number of nitrogens with one attached hydrogen (secondary N) is 1. The Morgan fingerprint density at radius 2 is 1.94 bits per heavy atom. The fraction of sp³-hybridized carbons (Fsp3) is 0.160. The van der Waals surface area contributed by atoms with Crippen LogP contribution in [-0.4, -0.2) is 28.2 Å². The number of amides is 2. The van der Waals surface area contributed by atoms with Gasteiger partial charge >= 0.3 is 6.03 Å². The number of benzene rings is 2. The maximum absolute atomic E-state index is 14.2. The number of carbonyl (C=O) groups is 1. The third-order valence-corrected chi connectivity index (χ3v) is 5.76. The number of hydrogen-bond acceptors (Lipinski definition) is 6. The van der Waals surface area contributed by atoms with Crippen molar-refractivity contribution in [3.8, 4) is 17.1 Å². The van der Waals surface area contributed by atoms with Crippen LogP contribution in [0.3, 0.4) is 0 Å². The van der Waals surface area contributed by atoms with Gasteiger partial charge in [0.1, 0.15) is 11.6 Å². The number of allylic oxidation sites excluding steroid dienone is 1. The highest BCUT2D eigenvalue weighted by Crippen LogP contribution is 2.38. The van der Waals surface area contributed by atoms with Crippen molar-refractivity contribution < 1.29 is 27.3 Å². The zero-order valence-electron chi connectivity index (χ0n) is 18.8. The van der Waals surface area contributed by atoms with E-state index in [0.29, 0.717) is 28.2 Å². The third-order valence-electron chi connectivity index (χ3n) is 5.76. The molecule has 0 saturated heterocycles. The summed E-state index contributed by atoms with van der Waals surface area (Å²) in [6.45, 7) is 1.93. The lowest BCUT2D eigenvalue weighted by Crippen LogP contribution is -2.45. The van der Waals surface area contributed by atoms with Crippen LogP contribution in [-0.2, 0) is 6.54 Å². The first kappa shape index (κ1) is 22.3. The van der Waals surface area contributed by atoms with Gasteiger partial charge < -0.3 is 19.0 Å². The van der Waals surface area contributed by atoms with E-state index in [1.807, 2.05) is 0 Å². The average molecular weight is 478 g/mol. The number of methoxy groups -OCH3 is 1. The minimum Gasteiger partial charge on any atom is -0.494 e. The van der Waals surface area contributed by atoms with Crippen LogP contribution in [0.1, 0.15) is 30.2 Å². The number of halogens is 2. The highest BCUT2D eigenvalue weighted by atomic mass is 19.1. The summed E-state index contributed by atoms with van der Waals surface area (Å²) in [5.74, 6) is 0.00124. The highest BCUT2D eigenvalue weighted by molar-refractivity contribution is 5.86. The van der Waals surface area contributed by atoms with E-state index in [0.717, 1.165) is 0 Å². The lowest BCUT2D eigenvalue weighted by atomic mass is 9.94. The van der Waals surface area contributed by atoms with Crippen molar-refractivity contribution in [2.45, 2.75) is 19.5 Å². The molecule has 1 atom stereocenters. The molecule has 2 amide bonds. The molecule has 35 heavy (non-hydrogen) atoms. The molecule has 5 rings (SSSR count). The number of urea groups is 1. The van der Waals surface area contributed by atoms with Crippen molar-refractivity contribution >= 4 is 11.6 Å². The maximum Gasteiger partial charge on any atom is 0.322 e. The largest absolute Gasteiger partial charge is 0.494 e. The van der Waals surface area contributed by atoms with Crippen molar-refractivity contribution in [3.63, 3.8) is 0 Å². The summed E-state index contributed by atoms with van der Waals surface area (Å²) in [5, 5.41) is 6.94. The maximum atomic E-state index is 14.2. The SMILES string of the molecule is COc1ccc(-c2noc(C3=C(C)N(Cc4ccco4)C(=O)NC3c3ccc(F)cc3)n2)cc1F. The summed E-state index contributed by atoms with van der Waals surface area (Å²) in [6, 6.07) is 12.5. The summed E-state index contributed by atoms with van der Waals surface area (Å²) in [4.78, 5) is 19.0. The molecule has 1 unspecified atom stereocenters. The zero-order chi connectivity index (χ0) is 24.5. The van der Waals surface area contributed by atoms with E-state index in [1.54, 1.807) is 37.3 Å². The van der Waals surface area contributed by atoms with Crippen molar-refractivity contribution in [2.75, 3.05) is 7.11 Å². The molecule has 0 radical (unpaired) electrons. The monoisotopic (exact) mass is 478 g/mol. The number of nitrogens with zero attached hydrogens (tertiary/aromatic N) is 3. The van der Waals surface area contributed by atoms with E-state index in [-0.39, 0.29) is 30.0 Å². The van der Waals surface area contributed by atoms with Crippen LogP contribution in [0, 0.1) is 11.6 Å². The van der Waals surface area contributed by atoms with E-state index < -0.39 is 17.7 Å². The Balaban J connectivity index is 1.58. The van der Waals surface area contributed by atoms with Gasteiger partial charge in [0.15, 0.2) is 11.6 Å². The van der Waals surface area contributed by atoms with Crippen LogP contribution in [0.4, 0.5) is 13.6 Å². The summed E-state index contributed by atoms with van der Waals surface area (Å²) < 4.78 is 43.8. The first-order valence-electron chi connectivity index (χ1n) is 10.7. The molecule has 2 aromatic carbocycles. The molecular formula is C25H20F2N4O4. The predicted octanol–water partition coefficient (Wildman–Crippen LogP) is 5.31. The number of ether oxygens (including phenoxy) is 1. The summed E-state index contributed by atoms with van der Waals surface area (Å²) in [6.07, 6.45) is 1.52. The van der Waals surface area contributed by atoms with E-state index >= 15 is 0 Å². The Hall–Kier alpha value is -4.47. The Bertz CT molecular complexity index is 1400. The topological polar surface area (TPSA) is 93.6 Å². The van der Waals surface area contributed by atoms with Gasteiger partial charge in [-0.15, -0.1) is 0 Å². The third kappa shape index (κ3) is 4.25. The fourth-order valence-corrected chi connectivity index (χ4v) is 3.97. The summed E-state index contributed by atoms with van der Waals surface area (Å²) >= 11 is 0. The smallest absolute Gasteiger partial charge is 0.322 e. The van der Waals surface area contributed by atoms with Crippen LogP contribution in [0.5, 0.6) is 5.75 Å². The van der Waals surface area contributed by atoms with Gasteiger partial charge in [-0.25, -0.2) is 13.6 Å².